The summed E-state index contributed by atoms with van der Waals surface area (Å²) in [6.45, 7) is 0. The molecule has 0 aliphatic rings. The molecule has 0 spiro atoms. The summed E-state index contributed by atoms with van der Waals surface area (Å²) in [5.74, 6) is 0. The van der Waals surface area contributed by atoms with Crippen molar-refractivity contribution in [2.24, 2.45) is 0 Å². The summed E-state index contributed by atoms with van der Waals surface area (Å²) in [6.07, 6.45) is 0. The Labute approximate surface area is 140 Å². The Balaban J connectivity index is 1.85. The predicted octanol–water partition coefficient (Wildman–Crippen LogP) is 0.997. The van der Waals surface area contributed by atoms with Crippen LogP contribution >= 0.6 is 0 Å². The van der Waals surface area contributed by atoms with Gasteiger partial charge in [-0.25, -0.2) is 0 Å². The molecule has 0 radical (unpaired) electrons. The molecular weight excluding hydrogens is 471 g/mol. The molecular formula is C18H14Te2. The Morgan fingerprint density at radius 3 is 1.15 bits per heavy atom. The average Bonchev–Trinajstić information content (AvgIpc) is 2.51. The zero-order chi connectivity index (χ0) is 13.6. The minimum absolute atomic E-state index is 0.258. The van der Waals surface area contributed by atoms with Crippen LogP contribution < -0.4 is 14.4 Å². The molecule has 20 heavy (non-hydrogen) atoms. The first-order valence-corrected chi connectivity index (χ1v) is 11.1. The fourth-order valence-electron chi connectivity index (χ4n) is 1.85. The van der Waals surface area contributed by atoms with Gasteiger partial charge in [-0.3, -0.25) is 0 Å². The van der Waals surface area contributed by atoms with E-state index in [0.29, 0.717) is 0 Å². The number of hydrogen-bond donors (Lipinski definition) is 0. The van der Waals surface area contributed by atoms with Crippen molar-refractivity contribution >= 4 is 56.3 Å². The van der Waals surface area contributed by atoms with E-state index in [2.05, 4.69) is 84.9 Å². The molecule has 0 amide bonds. The zero-order valence-corrected chi connectivity index (χ0v) is 15.6. The van der Waals surface area contributed by atoms with Crippen molar-refractivity contribution < 1.29 is 0 Å². The van der Waals surface area contributed by atoms with E-state index < -0.39 is 0 Å². The van der Waals surface area contributed by atoms with Crippen LogP contribution in [-0.4, -0.2) is 41.8 Å². The van der Waals surface area contributed by atoms with Gasteiger partial charge in [-0.15, -0.1) is 0 Å². The molecule has 0 saturated heterocycles. The van der Waals surface area contributed by atoms with Crippen LogP contribution in [0.5, 0.6) is 0 Å². The minimum atomic E-state index is -0.258. The predicted molar refractivity (Wildman–Crippen MR) is 89.4 cm³/mol. The van der Waals surface area contributed by atoms with Gasteiger partial charge in [0.05, 0.1) is 0 Å². The SMILES string of the molecule is c1ccc([Te]c2ccccc2[Te]c2ccccc2)cc1. The summed E-state index contributed by atoms with van der Waals surface area (Å²) in [6, 6.07) is 30.9. The van der Waals surface area contributed by atoms with Crippen LogP contribution in [0.4, 0.5) is 0 Å². The van der Waals surface area contributed by atoms with Gasteiger partial charge in [0, 0.05) is 0 Å². The van der Waals surface area contributed by atoms with E-state index in [-0.39, 0.29) is 41.8 Å². The van der Waals surface area contributed by atoms with Gasteiger partial charge in [-0.1, -0.05) is 0 Å². The van der Waals surface area contributed by atoms with Crippen molar-refractivity contribution in [3.8, 4) is 0 Å². The van der Waals surface area contributed by atoms with Crippen LogP contribution in [0, 0.1) is 0 Å². The van der Waals surface area contributed by atoms with Crippen LogP contribution in [-0.2, 0) is 0 Å². The van der Waals surface area contributed by atoms with Crippen LogP contribution in [0.25, 0.3) is 0 Å². The van der Waals surface area contributed by atoms with E-state index in [0.717, 1.165) is 0 Å². The van der Waals surface area contributed by atoms with Gasteiger partial charge in [-0.2, -0.15) is 0 Å². The third kappa shape index (κ3) is 3.88. The molecule has 3 rings (SSSR count). The Hall–Kier alpha value is -0.761. The van der Waals surface area contributed by atoms with Crippen molar-refractivity contribution in [1.29, 1.82) is 0 Å². The number of benzene rings is 3. The molecule has 0 aliphatic carbocycles. The molecule has 0 fully saturated rings. The van der Waals surface area contributed by atoms with Crippen LogP contribution in [0.2, 0.25) is 0 Å². The third-order valence-corrected chi connectivity index (χ3v) is 10.2. The summed E-state index contributed by atoms with van der Waals surface area (Å²) in [5.41, 5.74) is 0. The van der Waals surface area contributed by atoms with Gasteiger partial charge >= 0.3 is 141 Å². The maximum atomic E-state index is 2.33. The Kier molecular flexibility index (Phi) is 5.18. The topological polar surface area (TPSA) is 0 Å². The van der Waals surface area contributed by atoms with E-state index in [1.165, 1.54) is 7.22 Å². The molecule has 0 aliphatic heterocycles. The average molecular weight is 486 g/mol. The second-order valence-corrected chi connectivity index (χ2v) is 10.6. The van der Waals surface area contributed by atoms with Crippen molar-refractivity contribution in [3.63, 3.8) is 0 Å². The van der Waals surface area contributed by atoms with E-state index in [1.54, 1.807) is 7.22 Å². The Bertz CT molecular complexity index is 603. The van der Waals surface area contributed by atoms with Crippen molar-refractivity contribution in [2.75, 3.05) is 0 Å². The summed E-state index contributed by atoms with van der Waals surface area (Å²) < 4.78 is 6.25. The second-order valence-electron chi connectivity index (χ2n) is 4.28. The van der Waals surface area contributed by atoms with Gasteiger partial charge in [-0.05, 0) is 0 Å². The van der Waals surface area contributed by atoms with Gasteiger partial charge in [0.1, 0.15) is 0 Å². The summed E-state index contributed by atoms with van der Waals surface area (Å²) in [7, 11) is 0. The Morgan fingerprint density at radius 1 is 0.400 bits per heavy atom. The maximum absolute atomic E-state index is 2.33. The first-order chi connectivity index (χ1) is 9.92. The fraction of sp³-hybridized carbons (Fsp3) is 0. The molecule has 0 bridgehead atoms. The van der Waals surface area contributed by atoms with Gasteiger partial charge in [0.25, 0.3) is 0 Å². The second kappa shape index (κ2) is 7.31. The first-order valence-electron chi connectivity index (χ1n) is 6.47. The monoisotopic (exact) mass is 490 g/mol. The van der Waals surface area contributed by atoms with Gasteiger partial charge in [0.15, 0.2) is 0 Å². The van der Waals surface area contributed by atoms with Crippen molar-refractivity contribution in [3.05, 3.63) is 84.9 Å². The summed E-state index contributed by atoms with van der Waals surface area (Å²) >= 11 is -0.516. The molecule has 0 aromatic heterocycles. The van der Waals surface area contributed by atoms with Gasteiger partial charge < -0.3 is 0 Å². The van der Waals surface area contributed by atoms with Crippen LogP contribution in [0.1, 0.15) is 0 Å². The van der Waals surface area contributed by atoms with E-state index >= 15 is 0 Å². The normalized spacial score (nSPS) is 10.4. The molecule has 2 heteroatoms. The Morgan fingerprint density at radius 2 is 0.750 bits per heavy atom. The third-order valence-electron chi connectivity index (χ3n) is 2.79. The molecule has 0 nitrogen and oxygen atoms in total. The molecule has 0 atom stereocenters. The molecule has 0 N–H and O–H groups in total. The molecule has 3 aromatic rings. The first kappa shape index (κ1) is 14.2. The quantitative estimate of drug-likeness (QED) is 0.484. The number of hydrogen-bond acceptors (Lipinski definition) is 0. The van der Waals surface area contributed by atoms with E-state index in [4.69, 9.17) is 0 Å². The molecule has 0 unspecified atom stereocenters. The fourth-order valence-corrected chi connectivity index (χ4v) is 8.37. The van der Waals surface area contributed by atoms with Crippen LogP contribution in [0.3, 0.4) is 0 Å². The number of rotatable bonds is 4. The molecule has 0 saturated carbocycles. The van der Waals surface area contributed by atoms with Crippen molar-refractivity contribution in [1.82, 2.24) is 0 Å². The summed E-state index contributed by atoms with van der Waals surface area (Å²) in [5, 5.41) is 0. The zero-order valence-electron chi connectivity index (χ0n) is 10.9. The van der Waals surface area contributed by atoms with E-state index in [9.17, 15) is 0 Å². The summed E-state index contributed by atoms with van der Waals surface area (Å²) in [4.78, 5) is 0. The van der Waals surface area contributed by atoms with E-state index in [1.807, 2.05) is 0 Å². The molecule has 0 heterocycles. The van der Waals surface area contributed by atoms with Crippen LogP contribution in [0.15, 0.2) is 84.9 Å². The van der Waals surface area contributed by atoms with Crippen molar-refractivity contribution in [2.45, 2.75) is 0 Å². The van der Waals surface area contributed by atoms with Gasteiger partial charge in [0.2, 0.25) is 0 Å². The standard InChI is InChI=1S/C18H14Te2/c1-3-9-15(10-4-1)19-17-13-7-8-14-18(17)20-16-11-5-2-6-12-16/h1-14H. The molecule has 98 valence electrons. The molecule has 3 aromatic carbocycles.